The maximum Gasteiger partial charge on any atom is 0.301 e. The molecule has 1 N–H and O–H groups in total. The molecule has 0 saturated carbocycles. The van der Waals surface area contributed by atoms with Gasteiger partial charge in [0.15, 0.2) is 16.6 Å². The number of amides is 1. The molecule has 1 fully saturated rings. The number of fused-ring (bicyclic) bond motifs is 2. The highest BCUT2D eigenvalue weighted by atomic mass is 32.1. The number of carbonyl (C=O) groups excluding carboxylic acids is 2. The molecule has 2 aliphatic rings. The summed E-state index contributed by atoms with van der Waals surface area (Å²) in [5, 5.41) is 12.1. The standard InChI is InChI=1S/C35H36N2O6S/c1-6-41-28-18-22(8-12-27(28)42-14-13-19(2)3)31-30(32(38)23-9-11-26-24(17-23)16-21(5)43-26)33(39)34(40)37(31)35-36-25-10-7-20(4)15-29(25)44-35/h7-12,15,17-19,21,31,38H,6,13-14,16H2,1-5H3/t21-,31+/m1/s1. The summed E-state index contributed by atoms with van der Waals surface area (Å²) >= 11 is 1.34. The Labute approximate surface area is 260 Å². The monoisotopic (exact) mass is 612 g/mol. The summed E-state index contributed by atoms with van der Waals surface area (Å²) in [6, 6.07) is 15.7. The minimum absolute atomic E-state index is 0.00623. The Morgan fingerprint density at radius 1 is 1.09 bits per heavy atom. The van der Waals surface area contributed by atoms with Gasteiger partial charge in [0, 0.05) is 12.0 Å². The van der Waals surface area contributed by atoms with Crippen LogP contribution in [-0.4, -0.2) is 41.1 Å². The van der Waals surface area contributed by atoms with Gasteiger partial charge in [-0.05, 0) is 92.3 Å². The zero-order chi connectivity index (χ0) is 31.1. The molecule has 4 aromatic rings. The maximum atomic E-state index is 13.8. The molecule has 2 aliphatic heterocycles. The maximum absolute atomic E-state index is 13.8. The normalized spacial score (nSPS) is 19.1. The Kier molecular flexibility index (Phi) is 8.07. The first-order chi connectivity index (χ1) is 21.1. The first-order valence-electron chi connectivity index (χ1n) is 15.0. The van der Waals surface area contributed by atoms with Crippen LogP contribution in [0.3, 0.4) is 0 Å². The van der Waals surface area contributed by atoms with Crippen LogP contribution in [0, 0.1) is 12.8 Å². The van der Waals surface area contributed by atoms with E-state index in [1.54, 1.807) is 24.3 Å². The molecule has 1 saturated heterocycles. The van der Waals surface area contributed by atoms with E-state index in [-0.39, 0.29) is 17.4 Å². The molecule has 2 atom stereocenters. The van der Waals surface area contributed by atoms with Gasteiger partial charge in [0.2, 0.25) is 0 Å². The quantitative estimate of drug-likeness (QED) is 0.120. The number of aliphatic hydroxyl groups is 1. The minimum atomic E-state index is -0.941. The van der Waals surface area contributed by atoms with Crippen LogP contribution in [-0.2, 0) is 16.0 Å². The Balaban J connectivity index is 1.50. The van der Waals surface area contributed by atoms with Gasteiger partial charge in [0.1, 0.15) is 17.6 Å². The number of nitrogens with zero attached hydrogens (tertiary/aromatic N) is 2. The second-order valence-corrected chi connectivity index (χ2v) is 12.8. The number of ether oxygens (including phenoxy) is 3. The number of aryl methyl sites for hydroxylation is 1. The van der Waals surface area contributed by atoms with E-state index in [0.29, 0.717) is 53.3 Å². The van der Waals surface area contributed by atoms with E-state index in [1.807, 2.05) is 51.1 Å². The van der Waals surface area contributed by atoms with Crippen LogP contribution in [0.1, 0.15) is 62.4 Å². The fourth-order valence-electron chi connectivity index (χ4n) is 5.68. The molecule has 8 nitrogen and oxygen atoms in total. The van der Waals surface area contributed by atoms with E-state index in [0.717, 1.165) is 33.5 Å². The number of thiazole rings is 1. The average Bonchev–Trinajstić information content (AvgIpc) is 3.65. The van der Waals surface area contributed by atoms with Crippen molar-refractivity contribution in [2.24, 2.45) is 5.92 Å². The summed E-state index contributed by atoms with van der Waals surface area (Å²) in [4.78, 5) is 33.8. The lowest BCUT2D eigenvalue weighted by Gasteiger charge is -2.24. The second-order valence-electron chi connectivity index (χ2n) is 11.8. The number of aliphatic hydroxyl groups excluding tert-OH is 1. The van der Waals surface area contributed by atoms with Crippen LogP contribution in [0.15, 0.2) is 60.2 Å². The zero-order valence-corrected chi connectivity index (χ0v) is 26.4. The lowest BCUT2D eigenvalue weighted by atomic mass is 9.94. The Morgan fingerprint density at radius 2 is 1.91 bits per heavy atom. The van der Waals surface area contributed by atoms with E-state index < -0.39 is 17.7 Å². The molecule has 0 unspecified atom stereocenters. The fourth-order valence-corrected chi connectivity index (χ4v) is 6.77. The molecule has 0 bridgehead atoms. The van der Waals surface area contributed by atoms with E-state index in [1.165, 1.54) is 16.2 Å². The number of rotatable bonds is 9. The van der Waals surface area contributed by atoms with Crippen molar-refractivity contribution in [2.75, 3.05) is 18.1 Å². The largest absolute Gasteiger partial charge is 0.507 e. The van der Waals surface area contributed by atoms with Crippen molar-refractivity contribution in [3.8, 4) is 17.2 Å². The third kappa shape index (κ3) is 5.52. The van der Waals surface area contributed by atoms with E-state index in [2.05, 4.69) is 13.8 Å². The van der Waals surface area contributed by atoms with Crippen molar-refractivity contribution < 1.29 is 28.9 Å². The summed E-state index contributed by atoms with van der Waals surface area (Å²) in [6.07, 6.45) is 1.60. The average molecular weight is 613 g/mol. The highest BCUT2D eigenvalue weighted by molar-refractivity contribution is 7.22. The highest BCUT2D eigenvalue weighted by Gasteiger charge is 2.48. The van der Waals surface area contributed by atoms with Crippen molar-refractivity contribution >= 4 is 44.1 Å². The van der Waals surface area contributed by atoms with E-state index >= 15 is 0 Å². The van der Waals surface area contributed by atoms with Crippen molar-refractivity contribution in [1.29, 1.82) is 0 Å². The molecular formula is C35H36N2O6S. The van der Waals surface area contributed by atoms with Crippen molar-refractivity contribution in [3.05, 3.63) is 82.4 Å². The molecule has 1 aromatic heterocycles. The number of hydrogen-bond donors (Lipinski definition) is 1. The summed E-state index contributed by atoms with van der Waals surface area (Å²) in [6.45, 7) is 11.1. The number of ketones is 1. The van der Waals surface area contributed by atoms with Crippen LogP contribution in [0.25, 0.3) is 16.0 Å². The highest BCUT2D eigenvalue weighted by Crippen LogP contribution is 2.46. The Morgan fingerprint density at radius 3 is 2.68 bits per heavy atom. The van der Waals surface area contributed by atoms with Crippen molar-refractivity contribution in [3.63, 3.8) is 0 Å². The molecule has 0 aliphatic carbocycles. The van der Waals surface area contributed by atoms with Gasteiger partial charge in [-0.1, -0.05) is 37.3 Å². The van der Waals surface area contributed by atoms with E-state index in [4.69, 9.17) is 19.2 Å². The van der Waals surface area contributed by atoms with Gasteiger partial charge in [0.05, 0.1) is 35.0 Å². The fraction of sp³-hybridized carbons (Fsp3) is 0.343. The number of benzene rings is 3. The van der Waals surface area contributed by atoms with Crippen LogP contribution in [0.4, 0.5) is 5.13 Å². The van der Waals surface area contributed by atoms with Gasteiger partial charge < -0.3 is 19.3 Å². The molecule has 0 spiro atoms. The molecule has 44 heavy (non-hydrogen) atoms. The van der Waals surface area contributed by atoms with Gasteiger partial charge in [-0.3, -0.25) is 14.5 Å². The number of aromatic nitrogens is 1. The second kappa shape index (κ2) is 12.0. The Bertz CT molecular complexity index is 1790. The van der Waals surface area contributed by atoms with Gasteiger partial charge in [0.25, 0.3) is 5.78 Å². The molecule has 3 aromatic carbocycles. The summed E-state index contributed by atoms with van der Waals surface area (Å²) in [7, 11) is 0. The predicted molar refractivity (Wildman–Crippen MR) is 172 cm³/mol. The van der Waals surface area contributed by atoms with E-state index in [9.17, 15) is 14.7 Å². The van der Waals surface area contributed by atoms with Gasteiger partial charge in [-0.2, -0.15) is 0 Å². The van der Waals surface area contributed by atoms with Crippen LogP contribution in [0.2, 0.25) is 0 Å². The van der Waals surface area contributed by atoms with Crippen LogP contribution < -0.4 is 19.1 Å². The first kappa shape index (κ1) is 29.7. The number of Topliss-reactive ketones (excluding diaryl/α,β-unsaturated/α-hetero) is 1. The summed E-state index contributed by atoms with van der Waals surface area (Å²) in [5.74, 6) is 0.551. The van der Waals surface area contributed by atoms with Gasteiger partial charge in [-0.25, -0.2) is 4.98 Å². The van der Waals surface area contributed by atoms with Gasteiger partial charge in [-0.15, -0.1) is 0 Å². The summed E-state index contributed by atoms with van der Waals surface area (Å²) in [5.41, 5.74) is 3.77. The lowest BCUT2D eigenvalue weighted by molar-refractivity contribution is -0.132. The number of anilines is 1. The number of carbonyl (C=O) groups is 2. The number of hydrogen-bond acceptors (Lipinski definition) is 8. The molecule has 1 amide bonds. The lowest BCUT2D eigenvalue weighted by Crippen LogP contribution is -2.29. The molecule has 0 radical (unpaired) electrons. The van der Waals surface area contributed by atoms with Crippen LogP contribution in [0.5, 0.6) is 17.2 Å². The van der Waals surface area contributed by atoms with Crippen molar-refractivity contribution in [1.82, 2.24) is 4.98 Å². The molecule has 9 heteroatoms. The smallest absolute Gasteiger partial charge is 0.301 e. The summed E-state index contributed by atoms with van der Waals surface area (Å²) < 4.78 is 18.8. The molecule has 228 valence electrons. The van der Waals surface area contributed by atoms with Crippen molar-refractivity contribution in [2.45, 2.75) is 59.6 Å². The predicted octanol–water partition coefficient (Wildman–Crippen LogP) is 7.38. The van der Waals surface area contributed by atoms with Gasteiger partial charge >= 0.3 is 5.91 Å². The third-order valence-corrected chi connectivity index (χ3v) is 8.91. The SMILES string of the molecule is CCOc1cc([C@H]2C(=C(O)c3ccc4c(c3)C[C@@H](C)O4)C(=O)C(=O)N2c2nc3ccc(C)cc3s2)ccc1OCCC(C)C. The molecule has 6 rings (SSSR count). The third-order valence-electron chi connectivity index (χ3n) is 7.89. The Hall–Kier alpha value is -4.37. The van der Waals surface area contributed by atoms with Crippen LogP contribution >= 0.6 is 11.3 Å². The molecular weight excluding hydrogens is 576 g/mol. The minimum Gasteiger partial charge on any atom is -0.507 e. The topological polar surface area (TPSA) is 98.2 Å². The zero-order valence-electron chi connectivity index (χ0n) is 25.5. The first-order valence-corrected chi connectivity index (χ1v) is 15.8. The molecule has 3 heterocycles.